The largest absolute Gasteiger partial charge is 0.507 e. The van der Waals surface area contributed by atoms with Gasteiger partial charge in [-0.3, -0.25) is 14.6 Å². The molecule has 2 aromatic heterocycles. The lowest BCUT2D eigenvalue weighted by Crippen LogP contribution is -2.28. The number of Topliss-reactive ketones (excluding diaryl/α,β-unsaturated/α-hetero) is 1. The Kier molecular flexibility index (Phi) is 6.66. The van der Waals surface area contributed by atoms with Crippen LogP contribution in [0, 0.1) is 0 Å². The number of aliphatic hydroxyl groups is 1. The number of nitrogens with zero attached hydrogens (tertiary/aromatic N) is 2. The van der Waals surface area contributed by atoms with Crippen LogP contribution in [0.5, 0.6) is 5.75 Å². The average Bonchev–Trinajstić information content (AvgIpc) is 3.43. The molecule has 4 rings (SSSR count). The molecule has 32 heavy (non-hydrogen) atoms. The zero-order chi connectivity index (χ0) is 22.5. The van der Waals surface area contributed by atoms with Crippen molar-refractivity contribution in [2.24, 2.45) is 0 Å². The van der Waals surface area contributed by atoms with Gasteiger partial charge in [0.1, 0.15) is 11.5 Å². The van der Waals surface area contributed by atoms with Crippen LogP contribution in [0.25, 0.3) is 5.76 Å². The number of aromatic nitrogens is 1. The van der Waals surface area contributed by atoms with Gasteiger partial charge in [0.05, 0.1) is 18.2 Å². The van der Waals surface area contributed by atoms with Crippen molar-refractivity contribution in [2.75, 3.05) is 6.61 Å². The highest BCUT2D eigenvalue weighted by Gasteiger charge is 2.46. The molecule has 0 aliphatic carbocycles. The Labute approximate surface area is 190 Å². The molecular weight excluding hydrogens is 424 g/mol. The van der Waals surface area contributed by atoms with E-state index in [1.807, 2.05) is 35.7 Å². The highest BCUT2D eigenvalue weighted by Crippen LogP contribution is 2.42. The van der Waals surface area contributed by atoms with E-state index in [-0.39, 0.29) is 17.9 Å². The number of thiophene rings is 1. The van der Waals surface area contributed by atoms with Crippen LogP contribution in [0.2, 0.25) is 0 Å². The molecule has 3 aromatic rings. The summed E-state index contributed by atoms with van der Waals surface area (Å²) in [6.07, 6.45) is 5.24. The SMILES string of the molecule is CCCCOc1cccc(C(O)=C2C(=O)C(=O)N(Cc3ccncc3)C2c2cccs2)c1. The predicted molar refractivity (Wildman–Crippen MR) is 123 cm³/mol. The highest BCUT2D eigenvalue weighted by atomic mass is 32.1. The first-order valence-electron chi connectivity index (χ1n) is 10.5. The standard InChI is InChI=1S/C25H24N2O4S/c1-2-3-13-31-19-7-4-6-18(15-19)23(28)21-22(20-8-5-14-32-20)27(25(30)24(21)29)16-17-9-11-26-12-10-17/h4-12,14-15,22,28H,2-3,13,16H2,1H3. The van der Waals surface area contributed by atoms with Crippen LogP contribution in [-0.2, 0) is 16.1 Å². The lowest BCUT2D eigenvalue weighted by atomic mass is 9.99. The summed E-state index contributed by atoms with van der Waals surface area (Å²) in [5.41, 5.74) is 1.40. The molecule has 0 saturated carbocycles. The van der Waals surface area contributed by atoms with Crippen LogP contribution in [0.1, 0.15) is 41.8 Å². The summed E-state index contributed by atoms with van der Waals surface area (Å²) < 4.78 is 5.75. The summed E-state index contributed by atoms with van der Waals surface area (Å²) in [5.74, 6) is -0.898. The highest BCUT2D eigenvalue weighted by molar-refractivity contribution is 7.10. The van der Waals surface area contributed by atoms with E-state index < -0.39 is 17.7 Å². The molecule has 1 aliphatic heterocycles. The minimum absolute atomic E-state index is 0.0946. The number of pyridine rings is 1. The maximum absolute atomic E-state index is 13.1. The van der Waals surface area contributed by atoms with Gasteiger partial charge in [0, 0.05) is 29.4 Å². The fourth-order valence-electron chi connectivity index (χ4n) is 3.69. The number of carbonyl (C=O) groups is 2. The molecule has 1 aliphatic rings. The van der Waals surface area contributed by atoms with E-state index in [0.29, 0.717) is 17.9 Å². The van der Waals surface area contributed by atoms with Crippen molar-refractivity contribution in [2.45, 2.75) is 32.4 Å². The van der Waals surface area contributed by atoms with Gasteiger partial charge in [0.25, 0.3) is 11.7 Å². The van der Waals surface area contributed by atoms with Crippen molar-refractivity contribution in [1.29, 1.82) is 0 Å². The summed E-state index contributed by atoms with van der Waals surface area (Å²) >= 11 is 1.44. The first-order chi connectivity index (χ1) is 15.6. The number of hydrogen-bond donors (Lipinski definition) is 1. The third-order valence-electron chi connectivity index (χ3n) is 5.33. The Balaban J connectivity index is 1.74. The molecule has 6 nitrogen and oxygen atoms in total. The first kappa shape index (κ1) is 21.8. The number of unbranched alkanes of at least 4 members (excludes halogenated alkanes) is 1. The normalized spacial score (nSPS) is 17.7. The summed E-state index contributed by atoms with van der Waals surface area (Å²) in [6.45, 7) is 2.90. The van der Waals surface area contributed by atoms with Crippen LogP contribution in [0.3, 0.4) is 0 Å². The van der Waals surface area contributed by atoms with Gasteiger partial charge in [0.15, 0.2) is 0 Å². The summed E-state index contributed by atoms with van der Waals surface area (Å²) in [4.78, 5) is 32.4. The lowest BCUT2D eigenvalue weighted by Gasteiger charge is -2.24. The Morgan fingerprint density at radius 1 is 1.16 bits per heavy atom. The molecule has 164 valence electrons. The van der Waals surface area contributed by atoms with E-state index in [1.165, 1.54) is 16.2 Å². The second-order valence-corrected chi connectivity index (χ2v) is 8.51. The van der Waals surface area contributed by atoms with Crippen molar-refractivity contribution in [1.82, 2.24) is 9.88 Å². The monoisotopic (exact) mass is 448 g/mol. The third-order valence-corrected chi connectivity index (χ3v) is 6.25. The molecule has 1 unspecified atom stereocenters. The number of likely N-dealkylation sites (tertiary alicyclic amines) is 1. The maximum Gasteiger partial charge on any atom is 0.295 e. The van der Waals surface area contributed by atoms with E-state index in [2.05, 4.69) is 11.9 Å². The van der Waals surface area contributed by atoms with E-state index in [0.717, 1.165) is 23.3 Å². The summed E-state index contributed by atoms with van der Waals surface area (Å²) in [5, 5.41) is 13.1. The zero-order valence-electron chi connectivity index (χ0n) is 17.7. The van der Waals surface area contributed by atoms with Gasteiger partial charge in [-0.05, 0) is 47.7 Å². The van der Waals surface area contributed by atoms with Gasteiger partial charge < -0.3 is 14.7 Å². The Bertz CT molecular complexity index is 1130. The molecule has 1 N–H and O–H groups in total. The molecular formula is C25H24N2O4S. The van der Waals surface area contributed by atoms with Crippen molar-refractivity contribution in [3.8, 4) is 5.75 Å². The molecule has 1 amide bonds. The summed E-state index contributed by atoms with van der Waals surface area (Å²) in [7, 11) is 0. The molecule has 0 bridgehead atoms. The Hall–Kier alpha value is -3.45. The Morgan fingerprint density at radius 3 is 2.69 bits per heavy atom. The van der Waals surface area contributed by atoms with Gasteiger partial charge in [-0.15, -0.1) is 11.3 Å². The van der Waals surface area contributed by atoms with Crippen molar-refractivity contribution >= 4 is 28.8 Å². The average molecular weight is 449 g/mol. The minimum Gasteiger partial charge on any atom is -0.507 e. The van der Waals surface area contributed by atoms with Crippen LogP contribution in [-0.4, -0.2) is 33.3 Å². The number of amides is 1. The molecule has 7 heteroatoms. The number of ether oxygens (including phenoxy) is 1. The molecule has 3 heterocycles. The smallest absolute Gasteiger partial charge is 0.295 e. The van der Waals surface area contributed by atoms with Gasteiger partial charge in [-0.2, -0.15) is 0 Å². The second-order valence-electron chi connectivity index (χ2n) is 7.53. The predicted octanol–water partition coefficient (Wildman–Crippen LogP) is 4.94. The number of ketones is 1. The number of rotatable bonds is 8. The molecule has 1 atom stereocenters. The molecule has 0 radical (unpaired) electrons. The lowest BCUT2D eigenvalue weighted by molar-refractivity contribution is -0.140. The summed E-state index contributed by atoms with van der Waals surface area (Å²) in [6, 6.07) is 13.7. The maximum atomic E-state index is 13.1. The van der Waals surface area contributed by atoms with Crippen LogP contribution < -0.4 is 4.74 Å². The topological polar surface area (TPSA) is 79.7 Å². The molecule has 1 saturated heterocycles. The van der Waals surface area contributed by atoms with Gasteiger partial charge in [0.2, 0.25) is 0 Å². The first-order valence-corrected chi connectivity index (χ1v) is 11.4. The number of aliphatic hydroxyl groups excluding tert-OH is 1. The number of hydrogen-bond acceptors (Lipinski definition) is 6. The second kappa shape index (κ2) is 9.78. The van der Waals surface area contributed by atoms with E-state index in [1.54, 1.807) is 30.6 Å². The van der Waals surface area contributed by atoms with Crippen LogP contribution >= 0.6 is 11.3 Å². The van der Waals surface area contributed by atoms with E-state index in [9.17, 15) is 14.7 Å². The molecule has 0 spiro atoms. The van der Waals surface area contributed by atoms with Gasteiger partial charge >= 0.3 is 0 Å². The number of benzene rings is 1. The molecule has 1 fully saturated rings. The quantitative estimate of drug-likeness (QED) is 0.228. The van der Waals surface area contributed by atoms with Crippen molar-refractivity contribution in [3.05, 3.63) is 87.9 Å². The van der Waals surface area contributed by atoms with Crippen molar-refractivity contribution in [3.63, 3.8) is 0 Å². The third kappa shape index (κ3) is 4.43. The fourth-order valence-corrected chi connectivity index (χ4v) is 4.54. The van der Waals surface area contributed by atoms with Crippen LogP contribution in [0.15, 0.2) is 71.9 Å². The fraction of sp³-hybridized carbons (Fsp3) is 0.240. The van der Waals surface area contributed by atoms with Crippen LogP contribution in [0.4, 0.5) is 0 Å². The number of carbonyl (C=O) groups excluding carboxylic acids is 2. The minimum atomic E-state index is -0.688. The molecule has 1 aromatic carbocycles. The van der Waals surface area contributed by atoms with Crippen molar-refractivity contribution < 1.29 is 19.4 Å². The van der Waals surface area contributed by atoms with Gasteiger partial charge in [-0.25, -0.2) is 0 Å². The van der Waals surface area contributed by atoms with E-state index >= 15 is 0 Å². The Morgan fingerprint density at radius 2 is 1.97 bits per heavy atom. The van der Waals surface area contributed by atoms with E-state index in [4.69, 9.17) is 4.74 Å². The van der Waals surface area contributed by atoms with Gasteiger partial charge in [-0.1, -0.05) is 31.5 Å². The zero-order valence-corrected chi connectivity index (χ0v) is 18.5.